The first-order valence-electron chi connectivity index (χ1n) is 10.0. The van der Waals surface area contributed by atoms with E-state index in [1.54, 1.807) is 11.0 Å². The summed E-state index contributed by atoms with van der Waals surface area (Å²) in [4.78, 5) is 29.7. The number of likely N-dealkylation sites (tertiary alicyclic amines) is 1. The number of halogens is 1. The van der Waals surface area contributed by atoms with Crippen LogP contribution in [0.2, 0.25) is 5.02 Å². The van der Waals surface area contributed by atoms with Crippen molar-refractivity contribution in [3.8, 4) is 5.75 Å². The number of hydrogen-bond donors (Lipinski definition) is 1. The lowest BCUT2D eigenvalue weighted by atomic mass is 10.1. The van der Waals surface area contributed by atoms with Crippen molar-refractivity contribution in [1.82, 2.24) is 4.90 Å². The van der Waals surface area contributed by atoms with Gasteiger partial charge in [-0.15, -0.1) is 11.3 Å². The minimum atomic E-state index is -0.154. The van der Waals surface area contributed by atoms with Crippen LogP contribution in [0.4, 0.5) is 5.00 Å². The summed E-state index contributed by atoms with van der Waals surface area (Å²) in [5, 5.41) is 11.5. The molecule has 1 aromatic heterocycles. The number of nitrogens with zero attached hydrogens (tertiary/aromatic N) is 2. The molecule has 0 saturated carbocycles. The molecule has 1 saturated heterocycles. The van der Waals surface area contributed by atoms with Gasteiger partial charge in [0.25, 0.3) is 5.91 Å². The van der Waals surface area contributed by atoms with E-state index in [0.29, 0.717) is 40.3 Å². The fraction of sp³-hybridized carbons (Fsp3) is 0.304. The lowest BCUT2D eigenvalue weighted by Gasteiger charge is -2.28. The van der Waals surface area contributed by atoms with E-state index in [-0.39, 0.29) is 22.6 Å². The number of anilines is 1. The fourth-order valence-electron chi connectivity index (χ4n) is 3.85. The third-order valence-corrected chi connectivity index (χ3v) is 7.17. The molecular weight excluding hydrogens is 420 g/mol. The zero-order chi connectivity index (χ0) is 21.3. The Balaban J connectivity index is 1.87. The summed E-state index contributed by atoms with van der Waals surface area (Å²) in [7, 11) is 0. The third kappa shape index (κ3) is 3.89. The maximum atomic E-state index is 13.6. The molecule has 2 amide bonds. The van der Waals surface area contributed by atoms with Crippen LogP contribution >= 0.6 is 22.9 Å². The summed E-state index contributed by atoms with van der Waals surface area (Å²) in [5.41, 5.74) is 1.46. The number of amides is 2. The number of hydrogen-bond acceptors (Lipinski definition) is 4. The Hall–Kier alpha value is -2.57. The maximum absolute atomic E-state index is 13.6. The van der Waals surface area contributed by atoms with Gasteiger partial charge in [-0.05, 0) is 37.0 Å². The van der Waals surface area contributed by atoms with Crippen LogP contribution in [-0.2, 0) is 11.3 Å². The summed E-state index contributed by atoms with van der Waals surface area (Å²) in [6.07, 6.45) is 3.07. The summed E-state index contributed by atoms with van der Waals surface area (Å²) in [5.74, 6) is -0.276. The molecule has 4 rings (SSSR count). The van der Waals surface area contributed by atoms with Gasteiger partial charge >= 0.3 is 0 Å². The van der Waals surface area contributed by atoms with Gasteiger partial charge in [-0.25, -0.2) is 0 Å². The van der Waals surface area contributed by atoms with Crippen LogP contribution in [0.3, 0.4) is 0 Å². The molecule has 156 valence electrons. The molecule has 0 atom stereocenters. The number of rotatable bonds is 4. The number of piperidine rings is 1. The standard InChI is InChI=1S/C23H23ClN2O3S/c1-15(27)26(14-16-8-4-2-5-9-16)23-19(22(29)25-12-6-3-7-13-25)17-10-11-18(28)20(24)21(17)30-23/h2,4-5,8-11,28H,3,6-7,12-14H2,1H3. The minimum Gasteiger partial charge on any atom is -0.506 e. The average molecular weight is 443 g/mol. The molecule has 5 nitrogen and oxygen atoms in total. The van der Waals surface area contributed by atoms with Crippen LogP contribution in [0.15, 0.2) is 42.5 Å². The number of aromatic hydroxyl groups is 1. The highest BCUT2D eigenvalue weighted by atomic mass is 35.5. The number of phenolic OH excluding ortho intramolecular Hbond substituents is 1. The molecule has 30 heavy (non-hydrogen) atoms. The quantitative estimate of drug-likeness (QED) is 0.585. The topological polar surface area (TPSA) is 60.9 Å². The second-order valence-corrected chi connectivity index (χ2v) is 8.88. The number of benzene rings is 2. The van der Waals surface area contributed by atoms with Gasteiger partial charge in [0, 0.05) is 25.4 Å². The van der Waals surface area contributed by atoms with Gasteiger partial charge in [0.05, 0.1) is 16.8 Å². The summed E-state index contributed by atoms with van der Waals surface area (Å²) >= 11 is 7.66. The predicted molar refractivity (Wildman–Crippen MR) is 122 cm³/mol. The predicted octanol–water partition coefficient (Wildman–Crippen LogP) is 5.44. The molecular formula is C23H23ClN2O3S. The number of phenols is 1. The summed E-state index contributed by atoms with van der Waals surface area (Å²) in [6, 6.07) is 12.9. The highest BCUT2D eigenvalue weighted by Gasteiger charge is 2.30. The highest BCUT2D eigenvalue weighted by Crippen LogP contribution is 2.45. The van der Waals surface area contributed by atoms with Gasteiger partial charge in [-0.3, -0.25) is 14.5 Å². The Morgan fingerprint density at radius 2 is 1.80 bits per heavy atom. The molecule has 2 heterocycles. The monoisotopic (exact) mass is 442 g/mol. The van der Waals surface area contributed by atoms with E-state index in [2.05, 4.69) is 0 Å². The van der Waals surface area contributed by atoms with Gasteiger partial charge in [0.15, 0.2) is 0 Å². The Morgan fingerprint density at radius 1 is 1.10 bits per heavy atom. The second-order valence-electron chi connectivity index (χ2n) is 7.50. The van der Waals surface area contributed by atoms with Crippen molar-refractivity contribution < 1.29 is 14.7 Å². The van der Waals surface area contributed by atoms with Gasteiger partial charge in [0.2, 0.25) is 5.91 Å². The van der Waals surface area contributed by atoms with Crippen LogP contribution in [0.5, 0.6) is 5.75 Å². The minimum absolute atomic E-state index is 0.0358. The van der Waals surface area contributed by atoms with Gasteiger partial charge < -0.3 is 10.0 Å². The number of carbonyl (C=O) groups excluding carboxylic acids is 2. The molecule has 1 aliphatic heterocycles. The van der Waals surface area contributed by atoms with Crippen LogP contribution in [0.1, 0.15) is 42.1 Å². The maximum Gasteiger partial charge on any atom is 0.257 e. The van der Waals surface area contributed by atoms with Crippen LogP contribution < -0.4 is 4.90 Å². The Labute approximate surface area is 184 Å². The number of fused-ring (bicyclic) bond motifs is 1. The molecule has 0 spiro atoms. The van der Waals surface area contributed by atoms with Crippen LogP contribution in [-0.4, -0.2) is 34.9 Å². The van der Waals surface area contributed by atoms with Crippen molar-refractivity contribution in [2.45, 2.75) is 32.7 Å². The molecule has 7 heteroatoms. The lowest BCUT2D eigenvalue weighted by Crippen LogP contribution is -2.37. The Kier molecular flexibility index (Phi) is 5.97. The molecule has 0 radical (unpaired) electrons. The third-order valence-electron chi connectivity index (χ3n) is 5.42. The van der Waals surface area contributed by atoms with Gasteiger partial charge in [0.1, 0.15) is 15.8 Å². The first kappa shape index (κ1) is 20.7. The molecule has 1 aliphatic rings. The van der Waals surface area contributed by atoms with Crippen molar-refractivity contribution in [1.29, 1.82) is 0 Å². The zero-order valence-electron chi connectivity index (χ0n) is 16.7. The molecule has 1 N–H and O–H groups in total. The number of carbonyl (C=O) groups is 2. The van der Waals surface area contributed by atoms with Gasteiger partial charge in [-0.2, -0.15) is 0 Å². The lowest BCUT2D eigenvalue weighted by molar-refractivity contribution is -0.116. The highest BCUT2D eigenvalue weighted by molar-refractivity contribution is 7.24. The first-order valence-corrected chi connectivity index (χ1v) is 11.2. The Morgan fingerprint density at radius 3 is 2.47 bits per heavy atom. The van der Waals surface area contributed by atoms with Crippen molar-refractivity contribution in [2.24, 2.45) is 0 Å². The summed E-state index contributed by atoms with van der Waals surface area (Å²) < 4.78 is 0.617. The van der Waals surface area contributed by atoms with Crippen molar-refractivity contribution in [3.63, 3.8) is 0 Å². The largest absolute Gasteiger partial charge is 0.506 e. The number of thiophene rings is 1. The van der Waals surface area contributed by atoms with E-state index in [1.807, 2.05) is 35.2 Å². The van der Waals surface area contributed by atoms with Gasteiger partial charge in [-0.1, -0.05) is 41.9 Å². The SMILES string of the molecule is CC(=O)N(Cc1ccccc1)c1sc2c(Cl)c(O)ccc2c1C(=O)N1CCCCC1. The molecule has 0 unspecified atom stereocenters. The fourth-order valence-corrected chi connectivity index (χ4v) is 5.40. The van der Waals surface area contributed by atoms with Crippen molar-refractivity contribution >= 4 is 49.8 Å². The normalized spacial score (nSPS) is 14.1. The molecule has 1 fully saturated rings. The zero-order valence-corrected chi connectivity index (χ0v) is 18.3. The van der Waals surface area contributed by atoms with E-state index >= 15 is 0 Å². The van der Waals surface area contributed by atoms with Crippen molar-refractivity contribution in [2.75, 3.05) is 18.0 Å². The first-order chi connectivity index (χ1) is 14.5. The van der Waals surface area contributed by atoms with Crippen molar-refractivity contribution in [3.05, 3.63) is 58.6 Å². The smallest absolute Gasteiger partial charge is 0.257 e. The van der Waals surface area contributed by atoms with E-state index in [0.717, 1.165) is 24.8 Å². The van der Waals surface area contributed by atoms with Crippen LogP contribution in [0.25, 0.3) is 10.1 Å². The molecule has 3 aromatic rings. The Bertz CT molecular complexity index is 1090. The average Bonchev–Trinajstić information content (AvgIpc) is 3.15. The summed E-state index contributed by atoms with van der Waals surface area (Å²) in [6.45, 7) is 3.27. The second kappa shape index (κ2) is 8.66. The van der Waals surface area contributed by atoms with E-state index < -0.39 is 0 Å². The van der Waals surface area contributed by atoms with E-state index in [4.69, 9.17) is 11.6 Å². The molecule has 0 bridgehead atoms. The molecule has 2 aromatic carbocycles. The van der Waals surface area contributed by atoms with E-state index in [9.17, 15) is 14.7 Å². The van der Waals surface area contributed by atoms with Crippen LogP contribution in [0, 0.1) is 0 Å². The van der Waals surface area contributed by atoms with E-state index in [1.165, 1.54) is 24.3 Å². The molecule has 0 aliphatic carbocycles.